The molecule has 1 aromatic carbocycles. The van der Waals surface area contributed by atoms with Crippen LogP contribution in [0.2, 0.25) is 10.0 Å². The second kappa shape index (κ2) is 7.16. The lowest BCUT2D eigenvalue weighted by atomic mass is 10.1. The van der Waals surface area contributed by atoms with E-state index in [1.807, 2.05) is 18.2 Å². The SMILES string of the molecule is CCCC(CC)NCc1cccc(Cl)c1Cl. The molecule has 90 valence electrons. The minimum Gasteiger partial charge on any atom is -0.310 e. The van der Waals surface area contributed by atoms with Crippen LogP contribution in [0, 0.1) is 0 Å². The van der Waals surface area contributed by atoms with Crippen molar-refractivity contribution in [3.8, 4) is 0 Å². The van der Waals surface area contributed by atoms with Gasteiger partial charge in [0.25, 0.3) is 0 Å². The molecule has 3 heteroatoms. The fourth-order valence-corrected chi connectivity index (χ4v) is 2.13. The summed E-state index contributed by atoms with van der Waals surface area (Å²) in [6, 6.07) is 6.34. The van der Waals surface area contributed by atoms with Crippen LogP contribution in [0.4, 0.5) is 0 Å². The highest BCUT2D eigenvalue weighted by molar-refractivity contribution is 6.42. The molecule has 0 aliphatic carbocycles. The van der Waals surface area contributed by atoms with Gasteiger partial charge < -0.3 is 5.32 Å². The summed E-state index contributed by atoms with van der Waals surface area (Å²) in [5, 5.41) is 4.81. The first kappa shape index (κ1) is 13.8. The molecule has 0 heterocycles. The van der Waals surface area contributed by atoms with Gasteiger partial charge in [-0.15, -0.1) is 0 Å². The largest absolute Gasteiger partial charge is 0.310 e. The molecular weight excluding hydrogens is 241 g/mol. The summed E-state index contributed by atoms with van der Waals surface area (Å²) in [6.07, 6.45) is 3.55. The molecule has 0 saturated carbocycles. The van der Waals surface area contributed by atoms with E-state index in [0.717, 1.165) is 18.5 Å². The number of rotatable bonds is 6. The van der Waals surface area contributed by atoms with Crippen molar-refractivity contribution in [1.29, 1.82) is 0 Å². The smallest absolute Gasteiger partial charge is 0.0637 e. The van der Waals surface area contributed by atoms with Gasteiger partial charge in [0.1, 0.15) is 0 Å². The molecule has 16 heavy (non-hydrogen) atoms. The summed E-state index contributed by atoms with van der Waals surface area (Å²) in [5.41, 5.74) is 1.07. The predicted octanol–water partition coefficient (Wildman–Crippen LogP) is 4.66. The van der Waals surface area contributed by atoms with Gasteiger partial charge in [-0.3, -0.25) is 0 Å². The summed E-state index contributed by atoms with van der Waals surface area (Å²) >= 11 is 12.1. The maximum Gasteiger partial charge on any atom is 0.0637 e. The number of hydrogen-bond donors (Lipinski definition) is 1. The molecular formula is C13H19Cl2N. The van der Waals surface area contributed by atoms with Gasteiger partial charge in [-0.2, -0.15) is 0 Å². The predicted molar refractivity (Wildman–Crippen MR) is 72.3 cm³/mol. The molecule has 0 spiro atoms. The lowest BCUT2D eigenvalue weighted by molar-refractivity contribution is 0.462. The first-order valence-corrected chi connectivity index (χ1v) is 6.60. The Morgan fingerprint density at radius 1 is 1.25 bits per heavy atom. The third-order valence-corrected chi connectivity index (χ3v) is 3.60. The monoisotopic (exact) mass is 259 g/mol. The molecule has 1 aromatic rings. The summed E-state index contributed by atoms with van der Waals surface area (Å²) < 4.78 is 0. The molecule has 1 N–H and O–H groups in total. The zero-order chi connectivity index (χ0) is 12.0. The van der Waals surface area contributed by atoms with Crippen LogP contribution in [0.5, 0.6) is 0 Å². The molecule has 0 aliphatic rings. The lowest BCUT2D eigenvalue weighted by Gasteiger charge is -2.16. The first-order valence-electron chi connectivity index (χ1n) is 5.85. The second-order valence-electron chi connectivity index (χ2n) is 3.99. The molecule has 0 saturated heterocycles. The molecule has 0 fully saturated rings. The van der Waals surface area contributed by atoms with E-state index in [2.05, 4.69) is 19.2 Å². The Labute approximate surface area is 108 Å². The third-order valence-electron chi connectivity index (χ3n) is 2.74. The topological polar surface area (TPSA) is 12.0 Å². The maximum atomic E-state index is 6.12. The van der Waals surface area contributed by atoms with Gasteiger partial charge in [0.05, 0.1) is 10.0 Å². The van der Waals surface area contributed by atoms with Crippen molar-refractivity contribution in [2.24, 2.45) is 0 Å². The van der Waals surface area contributed by atoms with E-state index in [1.54, 1.807) is 0 Å². The maximum absolute atomic E-state index is 6.12. The van der Waals surface area contributed by atoms with Crippen LogP contribution in [0.1, 0.15) is 38.7 Å². The highest BCUT2D eigenvalue weighted by atomic mass is 35.5. The number of nitrogens with one attached hydrogen (secondary N) is 1. The zero-order valence-electron chi connectivity index (χ0n) is 9.89. The molecule has 0 radical (unpaired) electrons. The lowest BCUT2D eigenvalue weighted by Crippen LogP contribution is -2.27. The molecule has 0 amide bonds. The van der Waals surface area contributed by atoms with E-state index in [1.165, 1.54) is 12.8 Å². The van der Waals surface area contributed by atoms with E-state index < -0.39 is 0 Å². The van der Waals surface area contributed by atoms with E-state index >= 15 is 0 Å². The summed E-state index contributed by atoms with van der Waals surface area (Å²) in [4.78, 5) is 0. The van der Waals surface area contributed by atoms with Crippen molar-refractivity contribution in [1.82, 2.24) is 5.32 Å². The first-order chi connectivity index (χ1) is 7.69. The standard InChI is InChI=1S/C13H19Cl2N/c1-3-6-11(4-2)16-9-10-7-5-8-12(14)13(10)15/h5,7-8,11,16H,3-4,6,9H2,1-2H3. The highest BCUT2D eigenvalue weighted by Crippen LogP contribution is 2.25. The van der Waals surface area contributed by atoms with Gasteiger partial charge in [-0.05, 0) is 24.5 Å². The number of hydrogen-bond acceptors (Lipinski definition) is 1. The molecule has 1 unspecified atom stereocenters. The van der Waals surface area contributed by atoms with Crippen LogP contribution < -0.4 is 5.32 Å². The normalized spacial score (nSPS) is 12.8. The van der Waals surface area contributed by atoms with Crippen LogP contribution in [0.3, 0.4) is 0 Å². The van der Waals surface area contributed by atoms with Gasteiger partial charge in [-0.1, -0.05) is 55.6 Å². The Kier molecular flexibility index (Phi) is 6.18. The number of halogens is 2. The Morgan fingerprint density at radius 3 is 2.62 bits per heavy atom. The average molecular weight is 260 g/mol. The highest BCUT2D eigenvalue weighted by Gasteiger charge is 2.07. The van der Waals surface area contributed by atoms with Gasteiger partial charge in [0.2, 0.25) is 0 Å². The Balaban J connectivity index is 2.56. The Hall–Kier alpha value is -0.240. The van der Waals surface area contributed by atoms with E-state index in [0.29, 0.717) is 16.1 Å². The number of benzene rings is 1. The minimum absolute atomic E-state index is 0.569. The fourth-order valence-electron chi connectivity index (χ4n) is 1.74. The summed E-state index contributed by atoms with van der Waals surface area (Å²) in [6.45, 7) is 5.20. The van der Waals surface area contributed by atoms with Gasteiger partial charge in [0, 0.05) is 12.6 Å². The van der Waals surface area contributed by atoms with Gasteiger partial charge >= 0.3 is 0 Å². The summed E-state index contributed by atoms with van der Waals surface area (Å²) in [5.74, 6) is 0. The quantitative estimate of drug-likeness (QED) is 0.784. The molecule has 0 bridgehead atoms. The van der Waals surface area contributed by atoms with E-state index in [-0.39, 0.29) is 0 Å². The van der Waals surface area contributed by atoms with Crippen molar-refractivity contribution in [2.75, 3.05) is 0 Å². The fraction of sp³-hybridized carbons (Fsp3) is 0.538. The third kappa shape index (κ3) is 3.97. The van der Waals surface area contributed by atoms with Crippen LogP contribution in [-0.4, -0.2) is 6.04 Å². The summed E-state index contributed by atoms with van der Waals surface area (Å²) in [7, 11) is 0. The Bertz CT molecular complexity index is 326. The minimum atomic E-state index is 0.569. The van der Waals surface area contributed by atoms with E-state index in [9.17, 15) is 0 Å². The Morgan fingerprint density at radius 2 is 2.00 bits per heavy atom. The molecule has 1 nitrogen and oxygen atoms in total. The van der Waals surface area contributed by atoms with Crippen molar-refractivity contribution in [2.45, 2.75) is 45.7 Å². The second-order valence-corrected chi connectivity index (χ2v) is 4.77. The average Bonchev–Trinajstić information content (AvgIpc) is 2.29. The van der Waals surface area contributed by atoms with Crippen molar-refractivity contribution >= 4 is 23.2 Å². The van der Waals surface area contributed by atoms with Crippen LogP contribution in [0.25, 0.3) is 0 Å². The molecule has 1 rings (SSSR count). The molecule has 0 aromatic heterocycles. The molecule has 0 aliphatic heterocycles. The van der Waals surface area contributed by atoms with Gasteiger partial charge in [-0.25, -0.2) is 0 Å². The van der Waals surface area contributed by atoms with Crippen LogP contribution >= 0.6 is 23.2 Å². The van der Waals surface area contributed by atoms with Crippen LogP contribution in [0.15, 0.2) is 18.2 Å². The van der Waals surface area contributed by atoms with Crippen molar-refractivity contribution < 1.29 is 0 Å². The van der Waals surface area contributed by atoms with Crippen molar-refractivity contribution in [3.05, 3.63) is 33.8 Å². The van der Waals surface area contributed by atoms with Crippen molar-refractivity contribution in [3.63, 3.8) is 0 Å². The molecule has 1 atom stereocenters. The van der Waals surface area contributed by atoms with Crippen LogP contribution in [-0.2, 0) is 6.54 Å². The zero-order valence-corrected chi connectivity index (χ0v) is 11.4. The van der Waals surface area contributed by atoms with Gasteiger partial charge in [0.15, 0.2) is 0 Å². The van der Waals surface area contributed by atoms with E-state index in [4.69, 9.17) is 23.2 Å².